The van der Waals surface area contributed by atoms with Crippen molar-refractivity contribution in [3.05, 3.63) is 19.6 Å². The van der Waals surface area contributed by atoms with E-state index in [1.807, 2.05) is 0 Å². The number of rotatable bonds is 1. The van der Waals surface area contributed by atoms with Gasteiger partial charge in [-0.15, -0.1) is 25.1 Å². The maximum absolute atomic E-state index is 3.49. The minimum Gasteiger partial charge on any atom is -0.340 e. The standard InChI is InChI=1S/C4H7.ClH.Zn/c1-3-4-2;;/h3H,1-2,4H2;1H;/q-1;;. The molecule has 0 heterocycles. The number of halogens is 1. The van der Waals surface area contributed by atoms with Crippen LogP contribution in [0.4, 0.5) is 0 Å². The molecule has 0 aromatic heterocycles. The molecule has 34 valence electrons. The molecule has 0 unspecified atom stereocenters. The van der Waals surface area contributed by atoms with Crippen LogP contribution >= 0.6 is 12.4 Å². The van der Waals surface area contributed by atoms with Gasteiger partial charge in [-0.2, -0.15) is 6.42 Å². The zero-order valence-electron chi connectivity index (χ0n) is 3.81. The zero-order valence-corrected chi connectivity index (χ0v) is 7.60. The van der Waals surface area contributed by atoms with Gasteiger partial charge in [0.25, 0.3) is 0 Å². The van der Waals surface area contributed by atoms with Crippen molar-refractivity contribution in [1.82, 2.24) is 0 Å². The van der Waals surface area contributed by atoms with Crippen LogP contribution in [0, 0.1) is 6.92 Å². The first-order chi connectivity index (χ1) is 1.91. The van der Waals surface area contributed by atoms with E-state index < -0.39 is 0 Å². The van der Waals surface area contributed by atoms with Gasteiger partial charge in [0, 0.05) is 19.5 Å². The SMILES string of the molecule is C=CC[CH2-].Cl.[Zn]. The molecule has 0 atom stereocenters. The Labute approximate surface area is 58.2 Å². The topological polar surface area (TPSA) is 0 Å². The molecule has 0 bridgehead atoms. The largest absolute Gasteiger partial charge is 0.340 e. The first-order valence-electron chi connectivity index (χ1n) is 1.32. The van der Waals surface area contributed by atoms with Crippen LogP contribution in [0.1, 0.15) is 6.42 Å². The first-order valence-corrected chi connectivity index (χ1v) is 1.32. The van der Waals surface area contributed by atoms with Crippen molar-refractivity contribution >= 4 is 12.4 Å². The van der Waals surface area contributed by atoms with Crippen LogP contribution in [-0.2, 0) is 19.5 Å². The summed E-state index contributed by atoms with van der Waals surface area (Å²) in [7, 11) is 0. The molecule has 0 N–H and O–H groups in total. The van der Waals surface area contributed by atoms with Gasteiger partial charge in [-0.3, -0.25) is 0 Å². The van der Waals surface area contributed by atoms with Crippen LogP contribution in [0.25, 0.3) is 0 Å². The maximum atomic E-state index is 3.49. The summed E-state index contributed by atoms with van der Waals surface area (Å²) in [5, 5.41) is 0. The fourth-order valence-corrected chi connectivity index (χ4v) is 0. The molecule has 0 amide bonds. The van der Waals surface area contributed by atoms with E-state index in [1.165, 1.54) is 0 Å². The molecule has 0 nitrogen and oxygen atoms in total. The third-order valence-corrected chi connectivity index (χ3v) is 0.204. The average Bonchev–Trinajstić information content (AvgIpc) is 1.37. The minimum absolute atomic E-state index is 0. The molecule has 0 saturated heterocycles. The molecular weight excluding hydrogens is 149 g/mol. The quantitative estimate of drug-likeness (QED) is 0.309. The van der Waals surface area contributed by atoms with Crippen molar-refractivity contribution in [2.75, 3.05) is 0 Å². The molecule has 0 aromatic carbocycles. The Morgan fingerprint density at radius 3 is 1.83 bits per heavy atom. The summed E-state index contributed by atoms with van der Waals surface area (Å²) in [5.41, 5.74) is 0. The van der Waals surface area contributed by atoms with Crippen LogP contribution in [0.2, 0.25) is 0 Å². The van der Waals surface area contributed by atoms with Crippen molar-refractivity contribution in [1.29, 1.82) is 0 Å². The normalized spacial score (nSPS) is 4.17. The number of allylic oxidation sites excluding steroid dienone is 1. The Morgan fingerprint density at radius 1 is 1.67 bits per heavy atom. The van der Waals surface area contributed by atoms with E-state index in [-0.39, 0.29) is 31.9 Å². The van der Waals surface area contributed by atoms with Crippen LogP contribution in [0.15, 0.2) is 12.7 Å². The molecule has 0 fully saturated rings. The van der Waals surface area contributed by atoms with E-state index in [4.69, 9.17) is 0 Å². The summed E-state index contributed by atoms with van der Waals surface area (Å²) < 4.78 is 0. The van der Waals surface area contributed by atoms with Crippen LogP contribution < -0.4 is 0 Å². The minimum atomic E-state index is 0. The Kier molecular flexibility index (Phi) is 46.2. The van der Waals surface area contributed by atoms with Crippen LogP contribution in [0.3, 0.4) is 0 Å². The molecule has 2 heteroatoms. The first kappa shape index (κ1) is 15.9. The smallest absolute Gasteiger partial charge is 0 e. The van der Waals surface area contributed by atoms with E-state index in [0.717, 1.165) is 6.42 Å². The molecule has 0 aromatic rings. The van der Waals surface area contributed by atoms with Crippen LogP contribution in [0.5, 0.6) is 0 Å². The summed E-state index contributed by atoms with van der Waals surface area (Å²) in [6, 6.07) is 0. The third kappa shape index (κ3) is 22.7. The van der Waals surface area contributed by atoms with Gasteiger partial charge >= 0.3 is 0 Å². The fraction of sp³-hybridized carbons (Fsp3) is 0.250. The predicted octanol–water partition coefficient (Wildman–Crippen LogP) is 1.82. The number of hydrogen-bond acceptors (Lipinski definition) is 0. The van der Waals surface area contributed by atoms with E-state index in [2.05, 4.69) is 13.5 Å². The van der Waals surface area contributed by atoms with Gasteiger partial charge in [0.15, 0.2) is 0 Å². The van der Waals surface area contributed by atoms with Crippen molar-refractivity contribution in [3.63, 3.8) is 0 Å². The van der Waals surface area contributed by atoms with Gasteiger partial charge in [0.1, 0.15) is 0 Å². The van der Waals surface area contributed by atoms with Gasteiger partial charge < -0.3 is 6.92 Å². The van der Waals surface area contributed by atoms with Crippen LogP contribution in [-0.4, -0.2) is 0 Å². The Bertz CT molecular complexity index is 21.5. The zero-order chi connectivity index (χ0) is 3.41. The molecule has 0 aliphatic rings. The monoisotopic (exact) mass is 155 g/mol. The molecule has 0 radical (unpaired) electrons. The van der Waals surface area contributed by atoms with Crippen molar-refractivity contribution in [2.45, 2.75) is 6.42 Å². The predicted molar refractivity (Wildman–Crippen MR) is 27.4 cm³/mol. The van der Waals surface area contributed by atoms with Gasteiger partial charge in [0.05, 0.1) is 0 Å². The molecule has 0 aliphatic heterocycles. The van der Waals surface area contributed by atoms with Crippen molar-refractivity contribution < 1.29 is 19.5 Å². The molecule has 6 heavy (non-hydrogen) atoms. The van der Waals surface area contributed by atoms with E-state index in [9.17, 15) is 0 Å². The summed E-state index contributed by atoms with van der Waals surface area (Å²) in [6.07, 6.45) is 2.60. The second-order valence-electron chi connectivity index (χ2n) is 0.577. The molecular formula is C4H8ClZn-. The van der Waals surface area contributed by atoms with E-state index >= 15 is 0 Å². The molecule has 0 spiro atoms. The van der Waals surface area contributed by atoms with Gasteiger partial charge in [-0.05, 0) is 0 Å². The van der Waals surface area contributed by atoms with Gasteiger partial charge in [0.2, 0.25) is 0 Å². The van der Waals surface area contributed by atoms with Crippen molar-refractivity contribution in [3.8, 4) is 0 Å². The van der Waals surface area contributed by atoms with Gasteiger partial charge in [-0.25, -0.2) is 0 Å². The maximum Gasteiger partial charge on any atom is 0 e. The summed E-state index contributed by atoms with van der Waals surface area (Å²) >= 11 is 0. The molecule has 0 saturated carbocycles. The summed E-state index contributed by atoms with van der Waals surface area (Å²) in [5.74, 6) is 0. The van der Waals surface area contributed by atoms with Crippen molar-refractivity contribution in [2.24, 2.45) is 0 Å². The Balaban J connectivity index is -0.0000000450. The fourth-order valence-electron chi connectivity index (χ4n) is 0. The second-order valence-corrected chi connectivity index (χ2v) is 0.577. The molecule has 0 rings (SSSR count). The Morgan fingerprint density at radius 2 is 1.83 bits per heavy atom. The van der Waals surface area contributed by atoms with Gasteiger partial charge in [-0.1, -0.05) is 0 Å². The second kappa shape index (κ2) is 17.4. The Hall–Kier alpha value is 0.653. The number of hydrogen-bond donors (Lipinski definition) is 0. The van der Waals surface area contributed by atoms with E-state index in [1.54, 1.807) is 6.08 Å². The third-order valence-electron chi connectivity index (χ3n) is 0.204. The molecule has 0 aliphatic carbocycles. The summed E-state index contributed by atoms with van der Waals surface area (Å²) in [4.78, 5) is 0. The summed E-state index contributed by atoms with van der Waals surface area (Å²) in [6.45, 7) is 6.90. The van der Waals surface area contributed by atoms with E-state index in [0.29, 0.717) is 0 Å². The average molecular weight is 157 g/mol.